The third-order valence-corrected chi connectivity index (χ3v) is 3.25. The number of pyridine rings is 1. The van der Waals surface area contributed by atoms with Crippen molar-refractivity contribution < 1.29 is 4.74 Å². The fraction of sp³-hybridized carbons (Fsp3) is 0. The Hall–Kier alpha value is -2.07. The Morgan fingerprint density at radius 1 is 0.947 bits per heavy atom. The second-order valence-electron chi connectivity index (χ2n) is 4.18. The molecule has 0 aliphatic heterocycles. The normalized spacial score (nSPS) is 10.6. The molecule has 2 aromatic carbocycles. The summed E-state index contributed by atoms with van der Waals surface area (Å²) in [7, 11) is 0. The first-order chi connectivity index (χ1) is 9.20. The lowest BCUT2D eigenvalue weighted by atomic mass is 10.1. The van der Waals surface area contributed by atoms with Gasteiger partial charge in [-0.2, -0.15) is 0 Å². The number of benzene rings is 2. The predicted molar refractivity (Wildman–Crippen MR) is 80.4 cm³/mol. The zero-order valence-electron chi connectivity index (χ0n) is 10.0. The maximum absolute atomic E-state index is 5.69. The Labute approximate surface area is 119 Å². The molecule has 19 heavy (non-hydrogen) atoms. The SMILES string of the molecule is Nc1ccnc(Oc2ccc3cc(Br)ccc3c2)c1. The molecule has 4 heteroatoms. The van der Waals surface area contributed by atoms with Crippen LogP contribution in [0, 0.1) is 0 Å². The molecule has 0 radical (unpaired) electrons. The van der Waals surface area contributed by atoms with Gasteiger partial charge in [-0.05, 0) is 41.1 Å². The Morgan fingerprint density at radius 2 is 1.74 bits per heavy atom. The van der Waals surface area contributed by atoms with Crippen LogP contribution in [0.1, 0.15) is 0 Å². The minimum absolute atomic E-state index is 0.497. The zero-order valence-corrected chi connectivity index (χ0v) is 11.6. The Balaban J connectivity index is 1.95. The van der Waals surface area contributed by atoms with Crippen molar-refractivity contribution in [3.05, 3.63) is 59.2 Å². The maximum Gasteiger partial charge on any atom is 0.221 e. The van der Waals surface area contributed by atoms with Crippen LogP contribution in [0.4, 0.5) is 5.69 Å². The molecule has 3 rings (SSSR count). The molecule has 0 saturated heterocycles. The van der Waals surface area contributed by atoms with E-state index >= 15 is 0 Å². The van der Waals surface area contributed by atoms with E-state index in [1.165, 1.54) is 0 Å². The van der Waals surface area contributed by atoms with Gasteiger partial charge >= 0.3 is 0 Å². The second-order valence-corrected chi connectivity index (χ2v) is 5.10. The second kappa shape index (κ2) is 4.90. The number of nitrogen functional groups attached to an aromatic ring is 1. The summed E-state index contributed by atoms with van der Waals surface area (Å²) >= 11 is 3.46. The number of fused-ring (bicyclic) bond motifs is 1. The van der Waals surface area contributed by atoms with E-state index in [0.717, 1.165) is 21.0 Å². The van der Waals surface area contributed by atoms with Gasteiger partial charge in [0.2, 0.25) is 5.88 Å². The largest absolute Gasteiger partial charge is 0.439 e. The molecule has 0 atom stereocenters. The van der Waals surface area contributed by atoms with E-state index < -0.39 is 0 Å². The van der Waals surface area contributed by atoms with Crippen LogP contribution < -0.4 is 10.5 Å². The number of hydrogen-bond acceptors (Lipinski definition) is 3. The topological polar surface area (TPSA) is 48.1 Å². The van der Waals surface area contributed by atoms with Gasteiger partial charge in [-0.25, -0.2) is 4.98 Å². The van der Waals surface area contributed by atoms with E-state index in [1.54, 1.807) is 18.3 Å². The number of halogens is 1. The van der Waals surface area contributed by atoms with Gasteiger partial charge in [0.25, 0.3) is 0 Å². The van der Waals surface area contributed by atoms with Crippen molar-refractivity contribution in [2.45, 2.75) is 0 Å². The molecule has 3 aromatic rings. The third-order valence-electron chi connectivity index (χ3n) is 2.76. The zero-order chi connectivity index (χ0) is 13.2. The van der Waals surface area contributed by atoms with Crippen molar-refractivity contribution in [1.82, 2.24) is 4.98 Å². The van der Waals surface area contributed by atoms with E-state index in [4.69, 9.17) is 10.5 Å². The molecule has 3 nitrogen and oxygen atoms in total. The fourth-order valence-corrected chi connectivity index (χ4v) is 2.24. The predicted octanol–water partition coefficient (Wildman–Crippen LogP) is 4.37. The summed E-state index contributed by atoms with van der Waals surface area (Å²) < 4.78 is 6.76. The number of rotatable bonds is 2. The molecule has 94 valence electrons. The highest BCUT2D eigenvalue weighted by Crippen LogP contribution is 2.27. The van der Waals surface area contributed by atoms with E-state index in [2.05, 4.69) is 27.0 Å². The monoisotopic (exact) mass is 314 g/mol. The third kappa shape index (κ3) is 2.69. The summed E-state index contributed by atoms with van der Waals surface area (Å²) in [6.07, 6.45) is 1.63. The number of anilines is 1. The summed E-state index contributed by atoms with van der Waals surface area (Å²) in [6.45, 7) is 0. The molecule has 0 aliphatic carbocycles. The van der Waals surface area contributed by atoms with Crippen molar-refractivity contribution in [2.75, 3.05) is 5.73 Å². The highest BCUT2D eigenvalue weighted by atomic mass is 79.9. The summed E-state index contributed by atoms with van der Waals surface area (Å²) in [5.41, 5.74) is 6.33. The van der Waals surface area contributed by atoms with Gasteiger partial charge < -0.3 is 10.5 Å². The van der Waals surface area contributed by atoms with E-state index in [-0.39, 0.29) is 0 Å². The molecule has 2 N–H and O–H groups in total. The summed E-state index contributed by atoms with van der Waals surface area (Å²) in [4.78, 5) is 4.12. The van der Waals surface area contributed by atoms with Crippen molar-refractivity contribution >= 4 is 32.4 Å². The van der Waals surface area contributed by atoms with Crippen LogP contribution in [-0.2, 0) is 0 Å². The molecule has 1 heterocycles. The Kier molecular flexibility index (Phi) is 3.09. The number of nitrogens with zero attached hydrogens (tertiary/aromatic N) is 1. The molecule has 0 amide bonds. The van der Waals surface area contributed by atoms with Crippen molar-refractivity contribution in [1.29, 1.82) is 0 Å². The average Bonchev–Trinajstić information content (AvgIpc) is 2.39. The molecule has 0 unspecified atom stereocenters. The van der Waals surface area contributed by atoms with Crippen LogP contribution in [0.5, 0.6) is 11.6 Å². The minimum atomic E-state index is 0.497. The first kappa shape index (κ1) is 12.0. The van der Waals surface area contributed by atoms with Crippen LogP contribution in [0.25, 0.3) is 10.8 Å². The van der Waals surface area contributed by atoms with Gasteiger partial charge in [0, 0.05) is 22.4 Å². The Bertz CT molecular complexity index is 743. The van der Waals surface area contributed by atoms with E-state index in [1.807, 2.05) is 30.3 Å². The highest BCUT2D eigenvalue weighted by molar-refractivity contribution is 9.10. The smallest absolute Gasteiger partial charge is 0.221 e. The molecule has 1 aromatic heterocycles. The van der Waals surface area contributed by atoms with Gasteiger partial charge in [0.05, 0.1) is 0 Å². The van der Waals surface area contributed by atoms with Gasteiger partial charge in [-0.15, -0.1) is 0 Å². The van der Waals surface area contributed by atoms with E-state index in [0.29, 0.717) is 11.6 Å². The average molecular weight is 315 g/mol. The van der Waals surface area contributed by atoms with Crippen molar-refractivity contribution in [2.24, 2.45) is 0 Å². The molecule has 0 saturated carbocycles. The van der Waals surface area contributed by atoms with Crippen LogP contribution in [0.15, 0.2) is 59.2 Å². The number of ether oxygens (including phenoxy) is 1. The summed E-state index contributed by atoms with van der Waals surface area (Å²) in [5, 5.41) is 2.27. The summed E-state index contributed by atoms with van der Waals surface area (Å²) in [6, 6.07) is 15.5. The van der Waals surface area contributed by atoms with E-state index in [9.17, 15) is 0 Å². The quantitative estimate of drug-likeness (QED) is 0.764. The number of hydrogen-bond donors (Lipinski definition) is 1. The molecule has 0 fully saturated rings. The van der Waals surface area contributed by atoms with Crippen LogP contribution in [-0.4, -0.2) is 4.98 Å². The molecule has 0 aliphatic rings. The van der Waals surface area contributed by atoms with Crippen molar-refractivity contribution in [3.63, 3.8) is 0 Å². The molecule has 0 bridgehead atoms. The lowest BCUT2D eigenvalue weighted by Crippen LogP contribution is -1.90. The fourth-order valence-electron chi connectivity index (χ4n) is 1.86. The molecule has 0 spiro atoms. The van der Waals surface area contributed by atoms with Gasteiger partial charge in [-0.1, -0.05) is 28.1 Å². The van der Waals surface area contributed by atoms with Crippen LogP contribution in [0.2, 0.25) is 0 Å². The van der Waals surface area contributed by atoms with Gasteiger partial charge in [0.1, 0.15) is 5.75 Å². The maximum atomic E-state index is 5.69. The van der Waals surface area contributed by atoms with Crippen LogP contribution in [0.3, 0.4) is 0 Å². The standard InChI is InChI=1S/C15H11BrN2O/c16-12-3-1-11-8-14(4-2-10(11)7-12)19-15-9-13(17)5-6-18-15/h1-9H,(H2,17,18). The first-order valence-corrected chi connectivity index (χ1v) is 6.59. The van der Waals surface area contributed by atoms with Crippen molar-refractivity contribution in [3.8, 4) is 11.6 Å². The highest BCUT2D eigenvalue weighted by Gasteiger charge is 2.01. The first-order valence-electron chi connectivity index (χ1n) is 5.79. The lowest BCUT2D eigenvalue weighted by molar-refractivity contribution is 0.464. The molecular weight excluding hydrogens is 304 g/mol. The minimum Gasteiger partial charge on any atom is -0.439 e. The lowest BCUT2D eigenvalue weighted by Gasteiger charge is -2.06. The van der Waals surface area contributed by atoms with Crippen LogP contribution >= 0.6 is 15.9 Å². The van der Waals surface area contributed by atoms with Gasteiger partial charge in [-0.3, -0.25) is 0 Å². The Morgan fingerprint density at radius 3 is 2.58 bits per heavy atom. The summed E-state index contributed by atoms with van der Waals surface area (Å²) in [5.74, 6) is 1.24. The number of aromatic nitrogens is 1. The number of nitrogens with two attached hydrogens (primary N) is 1. The molecular formula is C15H11BrN2O. The van der Waals surface area contributed by atoms with Gasteiger partial charge in [0.15, 0.2) is 0 Å².